The molecule has 0 aliphatic rings. The van der Waals surface area contributed by atoms with E-state index in [1.54, 1.807) is 6.20 Å². The number of likely N-dealkylation sites (N-methyl/N-ethyl adjacent to an activating group) is 1. The number of hydrogen-bond donors (Lipinski definition) is 2. The van der Waals surface area contributed by atoms with E-state index in [0.29, 0.717) is 6.54 Å². The Hall–Kier alpha value is -2.37. The molecular weight excluding hydrogens is 302 g/mol. The van der Waals surface area contributed by atoms with Gasteiger partial charge < -0.3 is 19.7 Å². The van der Waals surface area contributed by atoms with E-state index in [4.69, 9.17) is 4.74 Å². The number of ether oxygens (including phenoxy) is 1. The summed E-state index contributed by atoms with van der Waals surface area (Å²) in [5, 5.41) is 11.2. The van der Waals surface area contributed by atoms with Gasteiger partial charge in [0.25, 0.3) is 0 Å². The van der Waals surface area contributed by atoms with Crippen molar-refractivity contribution in [2.24, 2.45) is 0 Å². The zero-order valence-corrected chi connectivity index (χ0v) is 13.9. The fourth-order valence-corrected chi connectivity index (χ4v) is 2.72. The van der Waals surface area contributed by atoms with Crippen molar-refractivity contribution >= 4 is 10.9 Å². The molecule has 0 saturated heterocycles. The maximum Gasteiger partial charge on any atom is 0.128 e. The summed E-state index contributed by atoms with van der Waals surface area (Å²) < 4.78 is 5.79. The molecule has 2 aromatic heterocycles. The van der Waals surface area contributed by atoms with Crippen LogP contribution in [0.25, 0.3) is 10.9 Å². The second-order valence-electron chi connectivity index (χ2n) is 5.99. The monoisotopic (exact) mass is 325 g/mol. The molecule has 24 heavy (non-hydrogen) atoms. The Kier molecular flexibility index (Phi) is 5.46. The van der Waals surface area contributed by atoms with E-state index in [9.17, 15) is 5.11 Å². The minimum atomic E-state index is -0.534. The number of nitrogens with zero attached hydrogens (tertiary/aromatic N) is 2. The van der Waals surface area contributed by atoms with Crippen LogP contribution in [0.4, 0.5) is 0 Å². The van der Waals surface area contributed by atoms with Crippen LogP contribution in [0.3, 0.4) is 0 Å². The van der Waals surface area contributed by atoms with E-state index in [2.05, 4.69) is 14.9 Å². The van der Waals surface area contributed by atoms with Gasteiger partial charge in [0.05, 0.1) is 0 Å². The number of rotatable bonds is 8. The van der Waals surface area contributed by atoms with Crippen LogP contribution in [-0.2, 0) is 6.42 Å². The third-order valence-corrected chi connectivity index (χ3v) is 3.98. The van der Waals surface area contributed by atoms with Crippen molar-refractivity contribution in [1.82, 2.24) is 14.9 Å². The number of aliphatic hydroxyl groups is 1. The summed E-state index contributed by atoms with van der Waals surface area (Å²) in [4.78, 5) is 9.57. The number of aromatic amines is 1. The zero-order chi connectivity index (χ0) is 16.8. The first-order chi connectivity index (χ1) is 11.7. The van der Waals surface area contributed by atoms with Crippen LogP contribution in [0.15, 0.2) is 54.9 Å². The van der Waals surface area contributed by atoms with E-state index in [1.807, 2.05) is 55.7 Å². The van der Waals surface area contributed by atoms with Gasteiger partial charge in [0.15, 0.2) is 0 Å². The lowest BCUT2D eigenvalue weighted by molar-refractivity contribution is 0.0772. The predicted molar refractivity (Wildman–Crippen MR) is 95.2 cm³/mol. The van der Waals surface area contributed by atoms with E-state index in [1.165, 1.54) is 0 Å². The molecule has 0 spiro atoms. The quantitative estimate of drug-likeness (QED) is 0.668. The highest BCUT2D eigenvalue weighted by molar-refractivity contribution is 5.85. The summed E-state index contributed by atoms with van der Waals surface area (Å²) in [6.07, 6.45) is 4.03. The fourth-order valence-electron chi connectivity index (χ4n) is 2.72. The maximum absolute atomic E-state index is 10.2. The summed E-state index contributed by atoms with van der Waals surface area (Å²) in [5.41, 5.74) is 2.10. The van der Waals surface area contributed by atoms with Gasteiger partial charge in [-0.15, -0.1) is 0 Å². The van der Waals surface area contributed by atoms with Crippen molar-refractivity contribution in [3.63, 3.8) is 0 Å². The van der Waals surface area contributed by atoms with Crippen molar-refractivity contribution < 1.29 is 9.84 Å². The summed E-state index contributed by atoms with van der Waals surface area (Å²) in [6, 6.07) is 13.8. The summed E-state index contributed by atoms with van der Waals surface area (Å²) in [5.74, 6) is 0.795. The Morgan fingerprint density at radius 3 is 2.96 bits per heavy atom. The highest BCUT2D eigenvalue weighted by Gasteiger charge is 2.11. The lowest BCUT2D eigenvalue weighted by Gasteiger charge is -2.20. The van der Waals surface area contributed by atoms with Crippen LogP contribution in [0, 0.1) is 0 Å². The van der Waals surface area contributed by atoms with Gasteiger partial charge in [-0.3, -0.25) is 4.98 Å². The molecule has 0 bridgehead atoms. The molecule has 0 fully saturated rings. The second kappa shape index (κ2) is 7.95. The first-order valence-corrected chi connectivity index (χ1v) is 8.18. The van der Waals surface area contributed by atoms with Crippen LogP contribution < -0.4 is 4.74 Å². The van der Waals surface area contributed by atoms with Gasteiger partial charge in [-0.25, -0.2) is 0 Å². The number of fused-ring (bicyclic) bond motifs is 1. The Morgan fingerprint density at radius 2 is 2.12 bits per heavy atom. The van der Waals surface area contributed by atoms with Gasteiger partial charge in [0, 0.05) is 48.5 Å². The molecule has 1 atom stereocenters. The largest absolute Gasteiger partial charge is 0.490 e. The molecule has 0 amide bonds. The minimum absolute atomic E-state index is 0.276. The first-order valence-electron chi connectivity index (χ1n) is 8.18. The van der Waals surface area contributed by atoms with Crippen molar-refractivity contribution in [3.8, 4) is 5.75 Å². The summed E-state index contributed by atoms with van der Waals surface area (Å²) in [7, 11) is 2.00. The van der Waals surface area contributed by atoms with E-state index >= 15 is 0 Å². The smallest absolute Gasteiger partial charge is 0.128 e. The third-order valence-electron chi connectivity index (χ3n) is 3.98. The highest BCUT2D eigenvalue weighted by Crippen LogP contribution is 2.24. The van der Waals surface area contributed by atoms with Crippen molar-refractivity contribution in [3.05, 3.63) is 60.6 Å². The third kappa shape index (κ3) is 4.34. The van der Waals surface area contributed by atoms with Gasteiger partial charge in [0.1, 0.15) is 18.5 Å². The Bertz CT molecular complexity index is 757. The van der Waals surface area contributed by atoms with E-state index < -0.39 is 6.10 Å². The van der Waals surface area contributed by atoms with Gasteiger partial charge in [-0.1, -0.05) is 12.1 Å². The Morgan fingerprint density at radius 1 is 1.21 bits per heavy atom. The first kappa shape index (κ1) is 16.5. The second-order valence-corrected chi connectivity index (χ2v) is 5.99. The summed E-state index contributed by atoms with van der Waals surface area (Å²) in [6.45, 7) is 1.69. The Balaban J connectivity index is 1.45. The number of nitrogens with one attached hydrogen (secondary N) is 1. The molecule has 3 aromatic rings. The van der Waals surface area contributed by atoms with Gasteiger partial charge >= 0.3 is 0 Å². The lowest BCUT2D eigenvalue weighted by Crippen LogP contribution is -2.34. The molecule has 2 N–H and O–H groups in total. The number of aliphatic hydroxyl groups excluding tert-OH is 1. The SMILES string of the molecule is CN(CCc1ccccn1)CC(O)COc1cccc2[nH]ccc12. The highest BCUT2D eigenvalue weighted by atomic mass is 16.5. The van der Waals surface area contributed by atoms with Gasteiger partial charge in [-0.05, 0) is 37.4 Å². The average molecular weight is 325 g/mol. The van der Waals surface area contributed by atoms with E-state index in [-0.39, 0.29) is 6.61 Å². The maximum atomic E-state index is 10.2. The normalized spacial score (nSPS) is 12.6. The number of hydrogen-bond acceptors (Lipinski definition) is 4. The standard InChI is InChI=1S/C19H23N3O2/c1-22(12-9-15-5-2-3-10-20-15)13-16(23)14-24-19-7-4-6-18-17(19)8-11-21-18/h2-8,10-11,16,21,23H,9,12-14H2,1H3. The molecule has 1 unspecified atom stereocenters. The fraction of sp³-hybridized carbons (Fsp3) is 0.316. The van der Waals surface area contributed by atoms with E-state index in [0.717, 1.165) is 35.3 Å². The molecule has 5 heteroatoms. The van der Waals surface area contributed by atoms with Crippen LogP contribution in [0.2, 0.25) is 0 Å². The molecule has 3 rings (SSSR count). The number of pyridine rings is 1. The molecule has 1 aromatic carbocycles. The van der Waals surface area contributed by atoms with Crippen molar-refractivity contribution in [1.29, 1.82) is 0 Å². The predicted octanol–water partition coefficient (Wildman–Crippen LogP) is 2.48. The molecule has 0 aliphatic heterocycles. The van der Waals surface area contributed by atoms with Crippen LogP contribution in [0.1, 0.15) is 5.69 Å². The van der Waals surface area contributed by atoms with Crippen molar-refractivity contribution in [2.45, 2.75) is 12.5 Å². The zero-order valence-electron chi connectivity index (χ0n) is 13.9. The Labute approximate surface area is 141 Å². The molecule has 5 nitrogen and oxygen atoms in total. The molecule has 0 saturated carbocycles. The van der Waals surface area contributed by atoms with Gasteiger partial charge in [0.2, 0.25) is 0 Å². The van der Waals surface area contributed by atoms with Crippen molar-refractivity contribution in [2.75, 3.05) is 26.7 Å². The molecule has 0 aliphatic carbocycles. The lowest BCUT2D eigenvalue weighted by atomic mass is 10.2. The molecule has 126 valence electrons. The topological polar surface area (TPSA) is 61.4 Å². The van der Waals surface area contributed by atoms with Crippen LogP contribution in [0.5, 0.6) is 5.75 Å². The minimum Gasteiger partial charge on any atom is -0.490 e. The number of H-pyrrole nitrogens is 1. The van der Waals surface area contributed by atoms with Gasteiger partial charge in [-0.2, -0.15) is 0 Å². The molecule has 2 heterocycles. The summed E-state index contributed by atoms with van der Waals surface area (Å²) >= 11 is 0. The average Bonchev–Trinajstić information content (AvgIpc) is 3.08. The molecule has 0 radical (unpaired) electrons. The van der Waals surface area contributed by atoms with Crippen LogP contribution in [-0.4, -0.2) is 52.8 Å². The number of aromatic nitrogens is 2. The van der Waals surface area contributed by atoms with Crippen LogP contribution >= 0.6 is 0 Å². The molecular formula is C19H23N3O2. The number of benzene rings is 1.